The van der Waals surface area contributed by atoms with E-state index in [2.05, 4.69) is 58.6 Å². The first-order valence-electron chi connectivity index (χ1n) is 12.5. The number of hydrogen-bond donors (Lipinski definition) is 2. The van der Waals surface area contributed by atoms with Gasteiger partial charge in [-0.05, 0) is 54.6 Å². The van der Waals surface area contributed by atoms with Crippen LogP contribution >= 0.6 is 0 Å². The Morgan fingerprint density at radius 3 is 2.53 bits per heavy atom. The summed E-state index contributed by atoms with van der Waals surface area (Å²) in [5.74, 6) is 3.09. The minimum atomic E-state index is 0.669. The van der Waals surface area contributed by atoms with E-state index >= 15 is 0 Å². The zero-order chi connectivity index (χ0) is 22.6. The lowest BCUT2D eigenvalue weighted by Gasteiger charge is -2.35. The zero-order valence-corrected chi connectivity index (χ0v) is 20.4. The molecule has 0 aromatic heterocycles. The van der Waals surface area contributed by atoms with Crippen molar-refractivity contribution in [3.8, 4) is 0 Å². The van der Waals surface area contributed by atoms with Crippen LogP contribution in [0.5, 0.6) is 0 Å². The highest BCUT2D eigenvalue weighted by molar-refractivity contribution is 5.79. The molecule has 2 aliphatic rings. The van der Waals surface area contributed by atoms with Gasteiger partial charge in [-0.1, -0.05) is 38.1 Å². The monoisotopic (exact) mass is 444 g/mol. The second kappa shape index (κ2) is 13.8. The summed E-state index contributed by atoms with van der Waals surface area (Å²) in [5.41, 5.74) is 2.76. The van der Waals surface area contributed by atoms with Crippen LogP contribution in [-0.4, -0.2) is 64.0 Å². The molecule has 2 fully saturated rings. The van der Waals surface area contributed by atoms with E-state index in [4.69, 9.17) is 9.47 Å². The molecule has 1 aromatic rings. The lowest BCUT2D eigenvalue weighted by atomic mass is 9.91. The number of hydrogen-bond acceptors (Lipinski definition) is 4. The fourth-order valence-electron chi connectivity index (χ4n) is 4.99. The summed E-state index contributed by atoms with van der Waals surface area (Å²) >= 11 is 0. The molecule has 3 rings (SSSR count). The molecule has 2 saturated heterocycles. The molecule has 0 aliphatic carbocycles. The van der Waals surface area contributed by atoms with Crippen molar-refractivity contribution < 1.29 is 9.47 Å². The summed E-state index contributed by atoms with van der Waals surface area (Å²) in [4.78, 5) is 7.01. The van der Waals surface area contributed by atoms with Crippen LogP contribution < -0.4 is 10.6 Å². The quantitative estimate of drug-likeness (QED) is 0.328. The third-order valence-corrected chi connectivity index (χ3v) is 6.58. The molecule has 1 aromatic carbocycles. The summed E-state index contributed by atoms with van der Waals surface area (Å²) in [7, 11) is 1.83. The number of rotatable bonds is 10. The fraction of sp³-hybridized carbons (Fsp3) is 0.731. The predicted octanol–water partition coefficient (Wildman–Crippen LogP) is 3.66. The highest BCUT2D eigenvalue weighted by Crippen LogP contribution is 2.23. The van der Waals surface area contributed by atoms with Crippen LogP contribution in [-0.2, 0) is 22.6 Å². The van der Waals surface area contributed by atoms with Crippen molar-refractivity contribution >= 4 is 5.96 Å². The topological polar surface area (TPSA) is 58.1 Å². The van der Waals surface area contributed by atoms with Gasteiger partial charge in [-0.25, -0.2) is 0 Å². The predicted molar refractivity (Wildman–Crippen MR) is 132 cm³/mol. The second-order valence-electron chi connectivity index (χ2n) is 9.75. The molecule has 6 nitrogen and oxygen atoms in total. The van der Waals surface area contributed by atoms with Gasteiger partial charge < -0.3 is 20.1 Å². The van der Waals surface area contributed by atoms with Gasteiger partial charge in [0.05, 0.1) is 0 Å². The maximum Gasteiger partial charge on any atom is 0.191 e. The molecule has 2 heterocycles. The van der Waals surface area contributed by atoms with Gasteiger partial charge >= 0.3 is 0 Å². The van der Waals surface area contributed by atoms with Crippen molar-refractivity contribution in [1.82, 2.24) is 15.5 Å². The molecule has 0 spiro atoms. The van der Waals surface area contributed by atoms with Gasteiger partial charge in [0.1, 0.15) is 0 Å². The Kier molecular flexibility index (Phi) is 10.8. The van der Waals surface area contributed by atoms with Crippen LogP contribution in [0.15, 0.2) is 29.3 Å². The minimum Gasteiger partial charge on any atom is -0.381 e. The maximum atomic E-state index is 5.86. The first-order chi connectivity index (χ1) is 15.6. The molecule has 0 amide bonds. The lowest BCUT2D eigenvalue weighted by molar-refractivity contribution is 0.0203. The van der Waals surface area contributed by atoms with Crippen LogP contribution in [0.3, 0.4) is 0 Å². The Balaban J connectivity index is 1.36. The molecule has 2 aliphatic heterocycles. The molecular formula is C26H44N4O2. The number of likely N-dealkylation sites (tertiary alicyclic amines) is 1. The van der Waals surface area contributed by atoms with Gasteiger partial charge in [0.15, 0.2) is 5.96 Å². The molecule has 180 valence electrons. The molecule has 0 radical (unpaired) electrons. The first kappa shape index (κ1) is 25.0. The van der Waals surface area contributed by atoms with Crippen LogP contribution in [0.1, 0.15) is 50.7 Å². The smallest absolute Gasteiger partial charge is 0.191 e. The molecule has 2 atom stereocenters. The molecule has 2 N–H and O–H groups in total. The summed E-state index contributed by atoms with van der Waals surface area (Å²) < 4.78 is 11.3. The van der Waals surface area contributed by atoms with Crippen LogP contribution in [0.25, 0.3) is 0 Å². The highest BCUT2D eigenvalue weighted by atomic mass is 16.5. The van der Waals surface area contributed by atoms with Gasteiger partial charge in [0, 0.05) is 66.2 Å². The van der Waals surface area contributed by atoms with Gasteiger partial charge in [-0.15, -0.1) is 0 Å². The van der Waals surface area contributed by atoms with E-state index in [-0.39, 0.29) is 0 Å². The number of piperidine rings is 1. The average molecular weight is 445 g/mol. The normalized spacial score (nSPS) is 23.3. The van der Waals surface area contributed by atoms with E-state index in [1.54, 1.807) is 0 Å². The third-order valence-electron chi connectivity index (χ3n) is 6.58. The SMILES string of the molecule is CN=C(NCCCOCC1CCOCC1)NCc1ccccc1CN1CC(C)CC(C)C1. The van der Waals surface area contributed by atoms with Gasteiger partial charge in [0.25, 0.3) is 0 Å². The van der Waals surface area contributed by atoms with Gasteiger partial charge in [-0.3, -0.25) is 9.89 Å². The number of nitrogens with one attached hydrogen (secondary N) is 2. The molecule has 6 heteroatoms. The van der Waals surface area contributed by atoms with Crippen molar-refractivity contribution in [2.45, 2.75) is 52.6 Å². The number of nitrogens with zero attached hydrogens (tertiary/aromatic N) is 2. The summed E-state index contributed by atoms with van der Waals surface area (Å²) in [5, 5.41) is 6.91. The van der Waals surface area contributed by atoms with Crippen molar-refractivity contribution in [3.05, 3.63) is 35.4 Å². The Morgan fingerprint density at radius 2 is 1.81 bits per heavy atom. The van der Waals surface area contributed by atoms with Crippen LogP contribution in [0.2, 0.25) is 0 Å². The standard InChI is InChI=1S/C26H44N4O2/c1-21-15-22(2)18-30(17-21)19-25-8-5-4-7-24(25)16-29-26(27-3)28-11-6-12-32-20-23-9-13-31-14-10-23/h4-5,7-8,21-23H,6,9-20H2,1-3H3,(H2,27,28,29). The summed E-state index contributed by atoms with van der Waals surface area (Å²) in [6, 6.07) is 8.79. The Labute approximate surface area is 195 Å². The van der Waals surface area contributed by atoms with Crippen LogP contribution in [0.4, 0.5) is 0 Å². The molecule has 32 heavy (non-hydrogen) atoms. The first-order valence-corrected chi connectivity index (χ1v) is 12.5. The maximum absolute atomic E-state index is 5.86. The van der Waals surface area contributed by atoms with E-state index in [1.165, 1.54) is 30.6 Å². The molecule has 0 bridgehead atoms. The third kappa shape index (κ3) is 8.72. The molecule has 2 unspecified atom stereocenters. The molecular weight excluding hydrogens is 400 g/mol. The van der Waals surface area contributed by atoms with E-state index in [1.807, 2.05) is 7.05 Å². The van der Waals surface area contributed by atoms with E-state index in [9.17, 15) is 0 Å². The lowest BCUT2D eigenvalue weighted by Crippen LogP contribution is -2.39. The Morgan fingerprint density at radius 1 is 1.09 bits per heavy atom. The van der Waals surface area contributed by atoms with Crippen molar-refractivity contribution in [1.29, 1.82) is 0 Å². The summed E-state index contributed by atoms with van der Waals surface area (Å²) in [6.07, 6.45) is 4.59. The number of aliphatic imine (C=N–C) groups is 1. The average Bonchev–Trinajstić information content (AvgIpc) is 2.79. The van der Waals surface area contributed by atoms with Crippen molar-refractivity contribution in [3.63, 3.8) is 0 Å². The van der Waals surface area contributed by atoms with E-state index in [0.717, 1.165) is 83.1 Å². The molecule has 0 saturated carbocycles. The largest absolute Gasteiger partial charge is 0.381 e. The van der Waals surface area contributed by atoms with Crippen molar-refractivity contribution in [2.75, 3.05) is 53.1 Å². The number of ether oxygens (including phenoxy) is 2. The van der Waals surface area contributed by atoms with Crippen LogP contribution in [0, 0.1) is 17.8 Å². The highest BCUT2D eigenvalue weighted by Gasteiger charge is 2.22. The van der Waals surface area contributed by atoms with Gasteiger partial charge in [0.2, 0.25) is 0 Å². The Hall–Kier alpha value is -1.63. The zero-order valence-electron chi connectivity index (χ0n) is 20.4. The van der Waals surface area contributed by atoms with E-state index < -0.39 is 0 Å². The number of guanidine groups is 1. The number of benzene rings is 1. The Bertz CT molecular complexity index is 680. The fourth-order valence-corrected chi connectivity index (χ4v) is 4.99. The summed E-state index contributed by atoms with van der Waals surface area (Å²) in [6.45, 7) is 13.3. The second-order valence-corrected chi connectivity index (χ2v) is 9.75. The van der Waals surface area contributed by atoms with E-state index in [0.29, 0.717) is 5.92 Å². The van der Waals surface area contributed by atoms with Crippen molar-refractivity contribution in [2.24, 2.45) is 22.7 Å². The minimum absolute atomic E-state index is 0.669. The van der Waals surface area contributed by atoms with Gasteiger partial charge in [-0.2, -0.15) is 0 Å².